The highest BCUT2D eigenvalue weighted by molar-refractivity contribution is 5.11. The summed E-state index contributed by atoms with van der Waals surface area (Å²) < 4.78 is 0. The second-order valence-corrected chi connectivity index (χ2v) is 3.39. The highest BCUT2D eigenvalue weighted by Gasteiger charge is 2.14. The molecule has 1 aliphatic carbocycles. The van der Waals surface area contributed by atoms with Gasteiger partial charge in [0, 0.05) is 0 Å². The van der Waals surface area contributed by atoms with E-state index in [-0.39, 0.29) is 0 Å². The lowest BCUT2D eigenvalue weighted by molar-refractivity contribution is -0.0979. The zero-order valence-corrected chi connectivity index (χ0v) is 7.76. The molecule has 1 heteroatoms. The molecule has 0 N–H and O–H groups in total. The van der Waals surface area contributed by atoms with E-state index in [2.05, 4.69) is 26.8 Å². The second kappa shape index (κ2) is 5.11. The first-order valence-corrected chi connectivity index (χ1v) is 4.16. The van der Waals surface area contributed by atoms with Crippen LogP contribution in [-0.4, -0.2) is 6.79 Å². The lowest BCUT2D eigenvalue weighted by atomic mass is 9.84. The average Bonchev–Trinajstić information content (AvgIpc) is 2.02. The normalized spacial score (nSPS) is 29.9. The van der Waals surface area contributed by atoms with Crippen LogP contribution in [0.4, 0.5) is 0 Å². The van der Waals surface area contributed by atoms with Gasteiger partial charge in [0.1, 0.15) is 6.79 Å². The highest BCUT2D eigenvalue weighted by atomic mass is 16.1. The molecule has 1 aliphatic rings. The van der Waals surface area contributed by atoms with Gasteiger partial charge in [0.05, 0.1) is 0 Å². The number of carbonyl (C=O) groups is 1. The Labute approximate surface area is 69.5 Å². The van der Waals surface area contributed by atoms with Crippen LogP contribution in [0.1, 0.15) is 33.6 Å². The maximum atomic E-state index is 8.00. The molecule has 0 aliphatic heterocycles. The van der Waals surface area contributed by atoms with Gasteiger partial charge in [0.15, 0.2) is 0 Å². The minimum Gasteiger partial charge on any atom is -0.307 e. The first-order valence-electron chi connectivity index (χ1n) is 4.16. The van der Waals surface area contributed by atoms with Gasteiger partial charge in [-0.05, 0) is 31.6 Å². The van der Waals surface area contributed by atoms with E-state index in [0.29, 0.717) is 0 Å². The molecular formula is C10H18O. The fourth-order valence-corrected chi connectivity index (χ4v) is 1.41. The van der Waals surface area contributed by atoms with E-state index < -0.39 is 0 Å². The number of allylic oxidation sites excluding steroid dienone is 2. The lowest BCUT2D eigenvalue weighted by Crippen LogP contribution is -2.10. The Bertz CT molecular complexity index is 138. The maximum Gasteiger partial charge on any atom is 0.106 e. The fourth-order valence-electron chi connectivity index (χ4n) is 1.41. The summed E-state index contributed by atoms with van der Waals surface area (Å²) >= 11 is 0. The summed E-state index contributed by atoms with van der Waals surface area (Å²) in [4.78, 5) is 8.00. The van der Waals surface area contributed by atoms with Crippen molar-refractivity contribution < 1.29 is 4.79 Å². The number of hydrogen-bond acceptors (Lipinski definition) is 1. The number of carbonyl (C=O) groups excluding carboxylic acids is 1. The molecule has 11 heavy (non-hydrogen) atoms. The molecule has 1 nitrogen and oxygen atoms in total. The quantitative estimate of drug-likeness (QED) is 0.490. The van der Waals surface area contributed by atoms with E-state index in [1.807, 2.05) is 6.79 Å². The van der Waals surface area contributed by atoms with Crippen molar-refractivity contribution in [1.29, 1.82) is 0 Å². The summed E-state index contributed by atoms with van der Waals surface area (Å²) in [5.41, 5.74) is 1.58. The van der Waals surface area contributed by atoms with Crippen molar-refractivity contribution >= 4 is 6.79 Å². The average molecular weight is 154 g/mol. The van der Waals surface area contributed by atoms with Crippen LogP contribution in [0, 0.1) is 11.8 Å². The van der Waals surface area contributed by atoms with Crippen LogP contribution < -0.4 is 0 Å². The largest absolute Gasteiger partial charge is 0.307 e. The van der Waals surface area contributed by atoms with Crippen LogP contribution in [-0.2, 0) is 4.79 Å². The molecule has 64 valence electrons. The standard InChI is InChI=1S/C9H16.CH2O/c1-7-4-5-8(2)9(3)6-7;1-2/h6,8-9H,4-5H2,1-3H3;1H2. The Morgan fingerprint density at radius 1 is 1.45 bits per heavy atom. The van der Waals surface area contributed by atoms with E-state index >= 15 is 0 Å². The highest BCUT2D eigenvalue weighted by Crippen LogP contribution is 2.27. The van der Waals surface area contributed by atoms with Crippen molar-refractivity contribution in [3.05, 3.63) is 11.6 Å². The summed E-state index contributed by atoms with van der Waals surface area (Å²) in [6.45, 7) is 8.89. The third-order valence-electron chi connectivity index (χ3n) is 2.44. The molecule has 0 saturated carbocycles. The Hall–Kier alpha value is -0.590. The Balaban J connectivity index is 0.000000461. The van der Waals surface area contributed by atoms with Crippen molar-refractivity contribution in [2.45, 2.75) is 33.6 Å². The van der Waals surface area contributed by atoms with E-state index in [4.69, 9.17) is 4.79 Å². The first kappa shape index (κ1) is 10.4. The second-order valence-electron chi connectivity index (χ2n) is 3.39. The van der Waals surface area contributed by atoms with Crippen molar-refractivity contribution in [3.63, 3.8) is 0 Å². The molecule has 1 rings (SSSR count). The van der Waals surface area contributed by atoms with Crippen LogP contribution in [0.15, 0.2) is 11.6 Å². The molecule has 0 radical (unpaired) electrons. The summed E-state index contributed by atoms with van der Waals surface area (Å²) in [6.07, 6.45) is 5.13. The third-order valence-corrected chi connectivity index (χ3v) is 2.44. The molecule has 0 saturated heterocycles. The van der Waals surface area contributed by atoms with Gasteiger partial charge in [0.25, 0.3) is 0 Å². The first-order chi connectivity index (χ1) is 5.20. The molecule has 0 aromatic rings. The predicted molar refractivity (Wildman–Crippen MR) is 48.4 cm³/mol. The molecule has 0 fully saturated rings. The van der Waals surface area contributed by atoms with Crippen LogP contribution in [0.25, 0.3) is 0 Å². The Morgan fingerprint density at radius 3 is 2.36 bits per heavy atom. The van der Waals surface area contributed by atoms with Crippen molar-refractivity contribution in [2.75, 3.05) is 0 Å². The van der Waals surface area contributed by atoms with E-state index in [1.165, 1.54) is 12.8 Å². The molecule has 0 heterocycles. The van der Waals surface area contributed by atoms with Gasteiger partial charge in [-0.25, -0.2) is 0 Å². The van der Waals surface area contributed by atoms with E-state index in [9.17, 15) is 0 Å². The van der Waals surface area contributed by atoms with E-state index in [1.54, 1.807) is 5.57 Å². The minimum absolute atomic E-state index is 0.818. The fraction of sp³-hybridized carbons (Fsp3) is 0.700. The molecule has 2 atom stereocenters. The molecule has 0 amide bonds. The maximum absolute atomic E-state index is 8.00. The molecule has 0 spiro atoms. The SMILES string of the molecule is C=O.CC1=CC(C)C(C)CC1. The van der Waals surface area contributed by atoms with Gasteiger partial charge in [-0.2, -0.15) is 0 Å². The topological polar surface area (TPSA) is 17.1 Å². The summed E-state index contributed by atoms with van der Waals surface area (Å²) in [5.74, 6) is 1.73. The zero-order chi connectivity index (χ0) is 8.85. The molecule has 0 aromatic heterocycles. The summed E-state index contributed by atoms with van der Waals surface area (Å²) in [5, 5.41) is 0. The van der Waals surface area contributed by atoms with Gasteiger partial charge in [-0.15, -0.1) is 0 Å². The molecule has 2 unspecified atom stereocenters. The van der Waals surface area contributed by atoms with Crippen LogP contribution >= 0.6 is 0 Å². The Morgan fingerprint density at radius 2 is 2.00 bits per heavy atom. The number of rotatable bonds is 0. The monoisotopic (exact) mass is 154 g/mol. The molecular weight excluding hydrogens is 136 g/mol. The van der Waals surface area contributed by atoms with Crippen LogP contribution in [0.5, 0.6) is 0 Å². The summed E-state index contributed by atoms with van der Waals surface area (Å²) in [6, 6.07) is 0. The van der Waals surface area contributed by atoms with Crippen LogP contribution in [0.3, 0.4) is 0 Å². The van der Waals surface area contributed by atoms with Gasteiger partial charge in [-0.1, -0.05) is 25.5 Å². The van der Waals surface area contributed by atoms with Crippen molar-refractivity contribution in [1.82, 2.24) is 0 Å². The van der Waals surface area contributed by atoms with Gasteiger partial charge < -0.3 is 4.79 Å². The number of hydrogen-bond donors (Lipinski definition) is 0. The van der Waals surface area contributed by atoms with E-state index in [0.717, 1.165) is 11.8 Å². The van der Waals surface area contributed by atoms with Gasteiger partial charge in [-0.3, -0.25) is 0 Å². The lowest BCUT2D eigenvalue weighted by Gasteiger charge is -2.22. The van der Waals surface area contributed by atoms with Crippen LogP contribution in [0.2, 0.25) is 0 Å². The predicted octanol–water partition coefficient (Wildman–Crippen LogP) is 2.81. The zero-order valence-electron chi connectivity index (χ0n) is 7.76. The smallest absolute Gasteiger partial charge is 0.106 e. The van der Waals surface area contributed by atoms with Gasteiger partial charge in [0.2, 0.25) is 0 Å². The van der Waals surface area contributed by atoms with Crippen molar-refractivity contribution in [3.8, 4) is 0 Å². The molecule has 0 aromatic carbocycles. The van der Waals surface area contributed by atoms with Crippen molar-refractivity contribution in [2.24, 2.45) is 11.8 Å². The molecule has 0 bridgehead atoms. The Kier molecular flexibility index (Phi) is 4.84. The van der Waals surface area contributed by atoms with Gasteiger partial charge >= 0.3 is 0 Å². The third kappa shape index (κ3) is 3.35. The minimum atomic E-state index is 0.818. The summed E-state index contributed by atoms with van der Waals surface area (Å²) in [7, 11) is 0.